The van der Waals surface area contributed by atoms with Crippen LogP contribution < -0.4 is 4.74 Å². The minimum Gasteiger partial charge on any atom is -0.465 e. The number of ether oxygens (including phenoxy) is 2. The number of hydrogen-bond donors (Lipinski definition) is 0. The lowest BCUT2D eigenvalue weighted by atomic mass is 9.73. The molecule has 2 saturated carbocycles. The van der Waals surface area contributed by atoms with Gasteiger partial charge in [-0.25, -0.2) is 9.59 Å². The summed E-state index contributed by atoms with van der Waals surface area (Å²) in [4.78, 5) is 25.0. The lowest BCUT2D eigenvalue weighted by Crippen LogP contribution is -2.21. The van der Waals surface area contributed by atoms with Crippen LogP contribution in [0.2, 0.25) is 0 Å². The van der Waals surface area contributed by atoms with Gasteiger partial charge in [-0.2, -0.15) is 0 Å². The molecule has 3 aromatic carbocycles. The lowest BCUT2D eigenvalue weighted by Gasteiger charge is -2.31. The molecule has 0 aliphatic heterocycles. The second-order valence-corrected chi connectivity index (χ2v) is 12.6. The van der Waals surface area contributed by atoms with Crippen LogP contribution in [0.25, 0.3) is 0 Å². The molecule has 0 atom stereocenters. The Morgan fingerprint density at radius 1 is 0.659 bits per heavy atom. The smallest absolute Gasteiger partial charge is 0.343 e. The quantitative estimate of drug-likeness (QED) is 0.216. The molecular weight excluding hydrogens is 508 g/mol. The molecule has 2 fully saturated rings. The molecule has 2 aliphatic rings. The monoisotopic (exact) mass is 552 g/mol. The molecule has 216 valence electrons. The van der Waals surface area contributed by atoms with E-state index >= 15 is 0 Å². The molecule has 0 amide bonds. The predicted octanol–water partition coefficient (Wildman–Crippen LogP) is 9.42. The highest BCUT2D eigenvalue weighted by Crippen LogP contribution is 2.43. The van der Waals surface area contributed by atoms with E-state index in [0.717, 1.165) is 18.4 Å². The Bertz CT molecular complexity index is 1370. The van der Waals surface area contributed by atoms with Gasteiger partial charge in [-0.1, -0.05) is 82.7 Å². The summed E-state index contributed by atoms with van der Waals surface area (Å²) < 4.78 is 10.8. The fraction of sp³-hybridized carbons (Fsp3) is 0.459. The van der Waals surface area contributed by atoms with Crippen molar-refractivity contribution in [1.29, 1.82) is 0 Å². The first-order valence-corrected chi connectivity index (χ1v) is 15.4. The van der Waals surface area contributed by atoms with Crippen molar-refractivity contribution in [3.05, 3.63) is 99.6 Å². The van der Waals surface area contributed by atoms with Crippen molar-refractivity contribution in [3.8, 4) is 5.75 Å². The van der Waals surface area contributed by atoms with Crippen LogP contribution in [-0.4, -0.2) is 19.0 Å². The van der Waals surface area contributed by atoms with Crippen molar-refractivity contribution in [2.75, 3.05) is 7.11 Å². The summed E-state index contributed by atoms with van der Waals surface area (Å²) in [5.74, 6) is 0.842. The fourth-order valence-corrected chi connectivity index (χ4v) is 6.83. The molecular formula is C37H44O4. The van der Waals surface area contributed by atoms with Gasteiger partial charge in [0.15, 0.2) is 0 Å². The normalized spacial score (nSPS) is 16.8. The highest BCUT2D eigenvalue weighted by Gasteiger charge is 2.29. The Morgan fingerprint density at radius 3 is 1.71 bits per heavy atom. The third-order valence-electron chi connectivity index (χ3n) is 9.57. The van der Waals surface area contributed by atoms with Crippen molar-refractivity contribution in [3.63, 3.8) is 0 Å². The van der Waals surface area contributed by atoms with Crippen molar-refractivity contribution in [2.24, 2.45) is 0 Å². The molecule has 41 heavy (non-hydrogen) atoms. The van der Waals surface area contributed by atoms with Gasteiger partial charge in [-0.05, 0) is 103 Å². The molecule has 5 rings (SSSR count). The zero-order valence-electron chi connectivity index (χ0n) is 25.1. The van der Waals surface area contributed by atoms with Gasteiger partial charge in [-0.3, -0.25) is 0 Å². The van der Waals surface area contributed by atoms with Crippen LogP contribution in [0.1, 0.15) is 138 Å². The molecule has 0 radical (unpaired) electrons. The number of aryl methyl sites for hydroxylation is 1. The average molecular weight is 553 g/mol. The number of carbonyl (C=O) groups excluding carboxylic acids is 2. The Labute approximate surface area is 245 Å². The molecule has 4 heteroatoms. The Morgan fingerprint density at radius 2 is 1.15 bits per heavy atom. The molecule has 0 saturated heterocycles. The van der Waals surface area contributed by atoms with E-state index in [9.17, 15) is 9.59 Å². The van der Waals surface area contributed by atoms with Gasteiger partial charge in [0.25, 0.3) is 0 Å². The van der Waals surface area contributed by atoms with E-state index in [0.29, 0.717) is 28.7 Å². The van der Waals surface area contributed by atoms with Crippen molar-refractivity contribution >= 4 is 11.9 Å². The molecule has 4 nitrogen and oxygen atoms in total. The molecule has 2 aliphatic carbocycles. The Kier molecular flexibility index (Phi) is 8.97. The van der Waals surface area contributed by atoms with Crippen LogP contribution in [-0.2, 0) is 10.2 Å². The van der Waals surface area contributed by atoms with Crippen LogP contribution in [0.4, 0.5) is 0 Å². The third-order valence-corrected chi connectivity index (χ3v) is 9.57. The van der Waals surface area contributed by atoms with Gasteiger partial charge in [0.2, 0.25) is 0 Å². The highest BCUT2D eigenvalue weighted by molar-refractivity contribution is 5.94. The van der Waals surface area contributed by atoms with Crippen LogP contribution in [0.5, 0.6) is 5.75 Å². The van der Waals surface area contributed by atoms with Gasteiger partial charge in [0.05, 0.1) is 18.2 Å². The van der Waals surface area contributed by atoms with Crippen LogP contribution in [0.15, 0.2) is 60.7 Å². The summed E-state index contributed by atoms with van der Waals surface area (Å²) in [6.45, 7) is 6.89. The molecule has 0 bridgehead atoms. The summed E-state index contributed by atoms with van der Waals surface area (Å²) in [6.07, 6.45) is 12.5. The first kappa shape index (κ1) is 29.1. The van der Waals surface area contributed by atoms with Gasteiger partial charge >= 0.3 is 11.9 Å². The number of benzene rings is 3. The van der Waals surface area contributed by atoms with Gasteiger partial charge < -0.3 is 9.47 Å². The summed E-state index contributed by atoms with van der Waals surface area (Å²) >= 11 is 0. The van der Waals surface area contributed by atoms with Gasteiger partial charge in [0, 0.05) is 5.41 Å². The maximum atomic E-state index is 13.2. The van der Waals surface area contributed by atoms with E-state index in [-0.39, 0.29) is 5.41 Å². The van der Waals surface area contributed by atoms with Crippen LogP contribution in [0.3, 0.4) is 0 Å². The van der Waals surface area contributed by atoms with Crippen LogP contribution >= 0.6 is 0 Å². The second kappa shape index (κ2) is 12.6. The second-order valence-electron chi connectivity index (χ2n) is 12.6. The zero-order valence-corrected chi connectivity index (χ0v) is 25.1. The average Bonchev–Trinajstić information content (AvgIpc) is 3.01. The van der Waals surface area contributed by atoms with Crippen molar-refractivity contribution < 1.29 is 19.1 Å². The number of methoxy groups -OCH3 is 1. The fourth-order valence-electron chi connectivity index (χ4n) is 6.83. The minimum absolute atomic E-state index is 0.188. The number of hydrogen-bond acceptors (Lipinski definition) is 4. The molecule has 3 aromatic rings. The zero-order chi connectivity index (χ0) is 29.0. The first-order valence-electron chi connectivity index (χ1n) is 15.4. The maximum Gasteiger partial charge on any atom is 0.343 e. The van der Waals surface area contributed by atoms with E-state index in [1.807, 2.05) is 6.07 Å². The largest absolute Gasteiger partial charge is 0.465 e. The number of carbonyl (C=O) groups is 2. The summed E-state index contributed by atoms with van der Waals surface area (Å²) in [6, 6.07) is 19.9. The highest BCUT2D eigenvalue weighted by atomic mass is 16.5. The van der Waals surface area contributed by atoms with Crippen LogP contribution in [0, 0.1) is 6.92 Å². The molecule has 0 unspecified atom stereocenters. The summed E-state index contributed by atoms with van der Waals surface area (Å²) in [5, 5.41) is 0. The van der Waals surface area contributed by atoms with E-state index in [1.165, 1.54) is 80.7 Å². The first-order chi connectivity index (χ1) is 19.8. The standard InChI is InChI=1S/C37H44O4/c1-25-15-20-30(23-32(25)26-11-7-5-8-12-26)37(2,3)31-21-22-34(33(24-31)27-13-9-6-10-14-27)41-36(39)29-18-16-28(17-19-29)35(38)40-4/h15-24,26-27H,5-14H2,1-4H3. The van der Waals surface area contributed by atoms with Crippen molar-refractivity contribution in [2.45, 2.75) is 102 Å². The maximum absolute atomic E-state index is 13.2. The number of esters is 2. The summed E-state index contributed by atoms with van der Waals surface area (Å²) in [7, 11) is 1.34. The van der Waals surface area contributed by atoms with E-state index in [2.05, 4.69) is 51.1 Å². The predicted molar refractivity (Wildman–Crippen MR) is 164 cm³/mol. The molecule has 0 spiro atoms. The molecule has 0 N–H and O–H groups in total. The summed E-state index contributed by atoms with van der Waals surface area (Å²) in [5.41, 5.74) is 7.27. The van der Waals surface area contributed by atoms with Gasteiger partial charge in [0.1, 0.15) is 5.75 Å². The lowest BCUT2D eigenvalue weighted by molar-refractivity contribution is 0.0599. The Hall–Kier alpha value is -3.40. The molecule has 0 heterocycles. The number of rotatable bonds is 7. The SMILES string of the molecule is COC(=O)c1ccc(C(=O)Oc2ccc(C(C)(C)c3ccc(C)c(C4CCCCC4)c3)cc2C2CCCCC2)cc1. The van der Waals surface area contributed by atoms with E-state index in [1.54, 1.807) is 24.3 Å². The topological polar surface area (TPSA) is 52.6 Å². The molecule has 0 aromatic heterocycles. The van der Waals surface area contributed by atoms with E-state index in [4.69, 9.17) is 9.47 Å². The van der Waals surface area contributed by atoms with Crippen molar-refractivity contribution in [1.82, 2.24) is 0 Å². The third kappa shape index (κ3) is 6.42. The van der Waals surface area contributed by atoms with Gasteiger partial charge in [-0.15, -0.1) is 0 Å². The minimum atomic E-state index is -0.429. The van der Waals surface area contributed by atoms with E-state index < -0.39 is 11.9 Å². The Balaban J connectivity index is 1.45.